The van der Waals surface area contributed by atoms with Crippen molar-refractivity contribution < 1.29 is 9.53 Å². The third-order valence-corrected chi connectivity index (χ3v) is 6.21. The fourth-order valence-corrected chi connectivity index (χ4v) is 4.29. The van der Waals surface area contributed by atoms with Crippen molar-refractivity contribution in [3.8, 4) is 0 Å². The van der Waals surface area contributed by atoms with E-state index < -0.39 is 5.54 Å². The average Bonchev–Trinajstić information content (AvgIpc) is 3.11. The second-order valence-corrected chi connectivity index (χ2v) is 8.27. The van der Waals surface area contributed by atoms with Crippen LogP contribution in [-0.2, 0) is 16.0 Å². The van der Waals surface area contributed by atoms with Gasteiger partial charge in [0, 0.05) is 19.6 Å². The number of carbonyl (C=O) groups excluding carboxylic acids is 1. The van der Waals surface area contributed by atoms with E-state index in [1.165, 1.54) is 5.56 Å². The Morgan fingerprint density at radius 3 is 2.45 bits per heavy atom. The number of amides is 1. The van der Waals surface area contributed by atoms with E-state index in [2.05, 4.69) is 43.4 Å². The number of anilines is 1. The number of rotatable bonds is 10. The number of hydrazone groups is 1. The zero-order valence-electron chi connectivity index (χ0n) is 19.2. The van der Waals surface area contributed by atoms with Crippen LogP contribution in [0.15, 0.2) is 59.7 Å². The Labute approximate surface area is 186 Å². The molecule has 1 aliphatic rings. The normalized spacial score (nSPS) is 20.6. The fourth-order valence-electron chi connectivity index (χ4n) is 4.29. The summed E-state index contributed by atoms with van der Waals surface area (Å²) in [7, 11) is 1.64. The molecular formula is C26H35N3O2. The number of hydrogen-bond donors (Lipinski definition) is 1. The summed E-state index contributed by atoms with van der Waals surface area (Å²) in [6.07, 6.45) is 4.02. The van der Waals surface area contributed by atoms with Gasteiger partial charge in [-0.15, -0.1) is 0 Å². The van der Waals surface area contributed by atoms with Crippen molar-refractivity contribution in [3.05, 3.63) is 65.7 Å². The van der Waals surface area contributed by atoms with Crippen LogP contribution in [0.3, 0.4) is 0 Å². The number of hydrogen-bond acceptors (Lipinski definition) is 4. The minimum absolute atomic E-state index is 0.0114. The molecule has 0 radical (unpaired) electrons. The predicted octanol–water partition coefficient (Wildman–Crippen LogP) is 4.80. The van der Waals surface area contributed by atoms with Crippen LogP contribution in [0.5, 0.6) is 0 Å². The lowest BCUT2D eigenvalue weighted by Crippen LogP contribution is -2.58. The number of aryl methyl sites for hydroxylation is 1. The Hall–Kier alpha value is -2.66. The summed E-state index contributed by atoms with van der Waals surface area (Å²) in [5.41, 5.74) is 3.49. The Balaban J connectivity index is 2.06. The molecule has 1 N–H and O–H groups in total. The summed E-state index contributed by atoms with van der Waals surface area (Å²) >= 11 is 0. The van der Waals surface area contributed by atoms with E-state index in [-0.39, 0.29) is 11.8 Å². The zero-order valence-corrected chi connectivity index (χ0v) is 19.2. The number of unbranched alkanes of at least 4 members (excludes halogenated alkanes) is 1. The Morgan fingerprint density at radius 1 is 1.13 bits per heavy atom. The maximum Gasteiger partial charge on any atom is 0.248 e. The molecule has 3 rings (SSSR count). The molecule has 0 fully saturated rings. The molecule has 2 unspecified atom stereocenters. The van der Waals surface area contributed by atoms with Gasteiger partial charge in [-0.05, 0) is 43.0 Å². The maximum atomic E-state index is 13.6. The lowest BCUT2D eigenvalue weighted by molar-refractivity contribution is -0.127. The fraction of sp³-hybridized carbons (Fsp3) is 0.462. The summed E-state index contributed by atoms with van der Waals surface area (Å²) in [5, 5.41) is 10.1. The van der Waals surface area contributed by atoms with E-state index in [9.17, 15) is 4.79 Å². The number of benzene rings is 2. The molecule has 1 aliphatic heterocycles. The molecule has 0 saturated carbocycles. The molecule has 5 nitrogen and oxygen atoms in total. The number of carbonyl (C=O) groups is 1. The summed E-state index contributed by atoms with van der Waals surface area (Å²) in [4.78, 5) is 13.6. The van der Waals surface area contributed by atoms with Crippen molar-refractivity contribution in [3.63, 3.8) is 0 Å². The second-order valence-electron chi connectivity index (χ2n) is 8.27. The molecular weight excluding hydrogens is 386 g/mol. The van der Waals surface area contributed by atoms with Gasteiger partial charge in [-0.25, -0.2) is 5.01 Å². The van der Waals surface area contributed by atoms with Gasteiger partial charge < -0.3 is 10.1 Å². The monoisotopic (exact) mass is 421 g/mol. The highest BCUT2D eigenvalue weighted by molar-refractivity contribution is 6.10. The SMILES string of the molecule is CCCCC1C(c2ccc(CC)cc2)=NN(c2ccccc2)C1(C)C(=O)NCCOC. The van der Waals surface area contributed by atoms with Crippen molar-refractivity contribution in [1.29, 1.82) is 0 Å². The largest absolute Gasteiger partial charge is 0.383 e. The first-order valence-corrected chi connectivity index (χ1v) is 11.4. The van der Waals surface area contributed by atoms with E-state index in [1.54, 1.807) is 7.11 Å². The van der Waals surface area contributed by atoms with Crippen LogP contribution in [0.4, 0.5) is 5.69 Å². The van der Waals surface area contributed by atoms with Gasteiger partial charge in [0.25, 0.3) is 0 Å². The van der Waals surface area contributed by atoms with Gasteiger partial charge in [0.15, 0.2) is 0 Å². The first kappa shape index (κ1) is 23.0. The molecule has 1 heterocycles. The summed E-state index contributed by atoms with van der Waals surface area (Å²) < 4.78 is 5.15. The van der Waals surface area contributed by atoms with Crippen molar-refractivity contribution in [2.45, 2.75) is 52.0 Å². The smallest absolute Gasteiger partial charge is 0.248 e. The van der Waals surface area contributed by atoms with E-state index in [1.807, 2.05) is 42.3 Å². The van der Waals surface area contributed by atoms with Gasteiger partial charge in [-0.1, -0.05) is 69.2 Å². The van der Waals surface area contributed by atoms with Gasteiger partial charge in [0.1, 0.15) is 5.54 Å². The van der Waals surface area contributed by atoms with Crippen LogP contribution in [0, 0.1) is 5.92 Å². The lowest BCUT2D eigenvalue weighted by atomic mass is 9.76. The van der Waals surface area contributed by atoms with E-state index in [0.29, 0.717) is 13.2 Å². The Morgan fingerprint density at radius 2 is 1.84 bits per heavy atom. The van der Waals surface area contributed by atoms with Crippen LogP contribution in [0.1, 0.15) is 51.2 Å². The van der Waals surface area contributed by atoms with Gasteiger partial charge in [-0.3, -0.25) is 4.79 Å². The third kappa shape index (κ3) is 4.82. The molecule has 0 bridgehead atoms. The zero-order chi connectivity index (χ0) is 22.3. The molecule has 1 amide bonds. The quantitative estimate of drug-likeness (QED) is 0.561. The molecule has 5 heteroatoms. The minimum Gasteiger partial charge on any atom is -0.383 e. The highest BCUT2D eigenvalue weighted by Crippen LogP contribution is 2.41. The van der Waals surface area contributed by atoms with Crippen molar-refractivity contribution in [2.24, 2.45) is 11.0 Å². The van der Waals surface area contributed by atoms with Crippen molar-refractivity contribution in [1.82, 2.24) is 5.32 Å². The van der Waals surface area contributed by atoms with Crippen molar-refractivity contribution >= 4 is 17.3 Å². The standard InChI is InChI=1S/C26H35N3O2/c1-5-7-13-23-24(21-16-14-20(6-2)15-17-21)28-29(22-11-9-8-10-12-22)26(23,3)25(30)27-18-19-31-4/h8-12,14-17,23H,5-7,13,18-19H2,1-4H3,(H,27,30). The molecule has 2 atom stereocenters. The second kappa shape index (κ2) is 10.6. The molecule has 166 valence electrons. The van der Waals surface area contributed by atoms with Crippen LogP contribution in [0.25, 0.3) is 0 Å². The number of ether oxygens (including phenoxy) is 1. The molecule has 0 spiro atoms. The number of nitrogens with zero attached hydrogens (tertiary/aromatic N) is 2. The topological polar surface area (TPSA) is 53.9 Å². The number of methoxy groups -OCH3 is 1. The average molecular weight is 422 g/mol. The van der Waals surface area contributed by atoms with Crippen molar-refractivity contribution in [2.75, 3.05) is 25.3 Å². The summed E-state index contributed by atoms with van der Waals surface area (Å²) in [6, 6.07) is 18.6. The van der Waals surface area contributed by atoms with Crippen LogP contribution in [-0.4, -0.2) is 37.4 Å². The molecule has 0 aliphatic carbocycles. The lowest BCUT2D eigenvalue weighted by Gasteiger charge is -2.37. The molecule has 0 saturated heterocycles. The molecule has 2 aromatic carbocycles. The summed E-state index contributed by atoms with van der Waals surface area (Å²) in [6.45, 7) is 7.34. The Kier molecular flexibility index (Phi) is 7.85. The maximum absolute atomic E-state index is 13.6. The number of nitrogens with one attached hydrogen (secondary N) is 1. The predicted molar refractivity (Wildman–Crippen MR) is 128 cm³/mol. The van der Waals surface area contributed by atoms with E-state index in [4.69, 9.17) is 9.84 Å². The molecule has 31 heavy (non-hydrogen) atoms. The van der Waals surface area contributed by atoms with E-state index in [0.717, 1.165) is 42.6 Å². The first-order valence-electron chi connectivity index (χ1n) is 11.4. The van der Waals surface area contributed by atoms with Crippen LogP contribution >= 0.6 is 0 Å². The first-order chi connectivity index (χ1) is 15.1. The van der Waals surface area contributed by atoms with Crippen LogP contribution < -0.4 is 10.3 Å². The molecule has 2 aromatic rings. The van der Waals surface area contributed by atoms with E-state index >= 15 is 0 Å². The van der Waals surface area contributed by atoms with Gasteiger partial charge in [0.2, 0.25) is 5.91 Å². The highest BCUT2D eigenvalue weighted by Gasteiger charge is 2.53. The third-order valence-electron chi connectivity index (χ3n) is 6.21. The summed E-state index contributed by atoms with van der Waals surface area (Å²) in [5.74, 6) is -0.0267. The molecule has 0 aromatic heterocycles. The van der Waals surface area contributed by atoms with Gasteiger partial charge >= 0.3 is 0 Å². The van der Waals surface area contributed by atoms with Gasteiger partial charge in [-0.2, -0.15) is 5.10 Å². The van der Waals surface area contributed by atoms with Crippen LogP contribution in [0.2, 0.25) is 0 Å². The minimum atomic E-state index is -0.816. The highest BCUT2D eigenvalue weighted by atomic mass is 16.5. The van der Waals surface area contributed by atoms with Gasteiger partial charge in [0.05, 0.1) is 18.0 Å². The Bertz CT molecular complexity index is 879. The number of para-hydroxylation sites is 1.